The first-order chi connectivity index (χ1) is 7.75. The molecule has 0 aromatic heterocycles. The number of ether oxygens (including phenoxy) is 1. The second-order valence-corrected chi connectivity index (χ2v) is 5.71. The van der Waals surface area contributed by atoms with E-state index in [9.17, 15) is 4.79 Å². The summed E-state index contributed by atoms with van der Waals surface area (Å²) in [5.41, 5.74) is 0. The lowest BCUT2D eigenvalue weighted by atomic mass is 9.95. The van der Waals surface area contributed by atoms with Crippen LogP contribution in [0.25, 0.3) is 0 Å². The van der Waals surface area contributed by atoms with E-state index >= 15 is 0 Å². The van der Waals surface area contributed by atoms with Crippen molar-refractivity contribution in [3.63, 3.8) is 0 Å². The van der Waals surface area contributed by atoms with Crippen LogP contribution in [0, 0.1) is 11.8 Å². The van der Waals surface area contributed by atoms with Crippen LogP contribution in [0.1, 0.15) is 39.0 Å². The van der Waals surface area contributed by atoms with E-state index in [0.29, 0.717) is 23.9 Å². The maximum absolute atomic E-state index is 12.2. The Morgan fingerprint density at radius 3 is 2.69 bits per heavy atom. The van der Waals surface area contributed by atoms with Gasteiger partial charge in [-0.25, -0.2) is 0 Å². The van der Waals surface area contributed by atoms with Crippen LogP contribution in [0.4, 0.5) is 0 Å². The molecular formula is C13H21NO2. The Balaban J connectivity index is 1.56. The zero-order valence-electron chi connectivity index (χ0n) is 10.0. The van der Waals surface area contributed by atoms with Gasteiger partial charge in [-0.15, -0.1) is 0 Å². The minimum atomic E-state index is 0.407. The maximum Gasteiger partial charge on any atom is 0.223 e. The minimum Gasteiger partial charge on any atom is -0.381 e. The molecule has 90 valence electrons. The average Bonchev–Trinajstić information content (AvgIpc) is 2.91. The largest absolute Gasteiger partial charge is 0.381 e. The predicted molar refractivity (Wildman–Crippen MR) is 61.0 cm³/mol. The summed E-state index contributed by atoms with van der Waals surface area (Å²) in [6, 6.07) is 1.11. The molecule has 2 heterocycles. The van der Waals surface area contributed by atoms with Crippen LogP contribution in [0.15, 0.2) is 0 Å². The minimum absolute atomic E-state index is 0.407. The SMILES string of the molecule is CC1CC2CC2N1C(=O)CC1CCOCC1. The van der Waals surface area contributed by atoms with Crippen LogP contribution in [0.5, 0.6) is 0 Å². The van der Waals surface area contributed by atoms with E-state index in [1.54, 1.807) is 0 Å². The molecule has 3 fully saturated rings. The molecular weight excluding hydrogens is 202 g/mol. The molecule has 1 saturated carbocycles. The quantitative estimate of drug-likeness (QED) is 0.714. The van der Waals surface area contributed by atoms with E-state index in [0.717, 1.165) is 38.4 Å². The maximum atomic E-state index is 12.2. The van der Waals surface area contributed by atoms with Crippen molar-refractivity contribution in [1.82, 2.24) is 4.90 Å². The molecule has 16 heavy (non-hydrogen) atoms. The van der Waals surface area contributed by atoms with Crippen LogP contribution < -0.4 is 0 Å². The molecule has 1 amide bonds. The number of amides is 1. The van der Waals surface area contributed by atoms with Crippen LogP contribution in [-0.4, -0.2) is 36.1 Å². The number of carbonyl (C=O) groups is 1. The second-order valence-electron chi connectivity index (χ2n) is 5.71. The molecule has 2 aliphatic heterocycles. The first kappa shape index (κ1) is 10.6. The number of fused-ring (bicyclic) bond motifs is 1. The van der Waals surface area contributed by atoms with Gasteiger partial charge in [-0.1, -0.05) is 0 Å². The summed E-state index contributed by atoms with van der Waals surface area (Å²) in [6.07, 6.45) is 5.41. The molecule has 3 aliphatic rings. The fraction of sp³-hybridized carbons (Fsp3) is 0.923. The normalized spacial score (nSPS) is 38.6. The third-order valence-electron chi connectivity index (χ3n) is 4.45. The lowest BCUT2D eigenvalue weighted by Crippen LogP contribution is -2.38. The molecule has 3 heteroatoms. The zero-order valence-corrected chi connectivity index (χ0v) is 10.0. The van der Waals surface area contributed by atoms with Gasteiger partial charge < -0.3 is 9.64 Å². The lowest BCUT2D eigenvalue weighted by Gasteiger charge is -2.28. The smallest absolute Gasteiger partial charge is 0.223 e. The van der Waals surface area contributed by atoms with Crippen molar-refractivity contribution in [2.45, 2.75) is 51.1 Å². The van der Waals surface area contributed by atoms with Gasteiger partial charge in [-0.3, -0.25) is 4.79 Å². The summed E-state index contributed by atoms with van der Waals surface area (Å²) in [7, 11) is 0. The highest BCUT2D eigenvalue weighted by molar-refractivity contribution is 5.78. The number of hydrogen-bond acceptors (Lipinski definition) is 2. The highest BCUT2D eigenvalue weighted by atomic mass is 16.5. The molecule has 0 aromatic carbocycles. The van der Waals surface area contributed by atoms with Gasteiger partial charge >= 0.3 is 0 Å². The number of nitrogens with zero attached hydrogens (tertiary/aromatic N) is 1. The Kier molecular flexibility index (Phi) is 2.66. The molecule has 3 atom stereocenters. The van der Waals surface area contributed by atoms with Crippen molar-refractivity contribution in [3.05, 3.63) is 0 Å². The summed E-state index contributed by atoms with van der Waals surface area (Å²) >= 11 is 0. The standard InChI is InChI=1S/C13H21NO2/c1-9-6-11-8-12(11)14(9)13(15)7-10-2-4-16-5-3-10/h9-12H,2-8H2,1H3. The molecule has 3 rings (SSSR count). The molecule has 3 unspecified atom stereocenters. The van der Waals surface area contributed by atoms with Crippen molar-refractivity contribution in [2.24, 2.45) is 11.8 Å². The predicted octanol–water partition coefficient (Wildman–Crippen LogP) is 1.81. The summed E-state index contributed by atoms with van der Waals surface area (Å²) in [5.74, 6) is 1.82. The lowest BCUT2D eigenvalue weighted by molar-refractivity contribution is -0.134. The molecule has 0 spiro atoms. The summed E-state index contributed by atoms with van der Waals surface area (Å²) in [5, 5.41) is 0. The second kappa shape index (κ2) is 4.02. The summed E-state index contributed by atoms with van der Waals surface area (Å²) in [4.78, 5) is 14.4. The van der Waals surface area contributed by atoms with Crippen LogP contribution in [0.2, 0.25) is 0 Å². The van der Waals surface area contributed by atoms with Crippen LogP contribution in [0.3, 0.4) is 0 Å². The van der Waals surface area contributed by atoms with Gasteiger partial charge in [0.15, 0.2) is 0 Å². The van der Waals surface area contributed by atoms with Gasteiger partial charge in [-0.05, 0) is 44.4 Å². The van der Waals surface area contributed by atoms with Crippen molar-refractivity contribution in [3.8, 4) is 0 Å². The van der Waals surface area contributed by atoms with Gasteiger partial charge in [0.1, 0.15) is 0 Å². The Morgan fingerprint density at radius 2 is 2.06 bits per heavy atom. The number of likely N-dealkylation sites (tertiary alicyclic amines) is 1. The third kappa shape index (κ3) is 1.86. The van der Waals surface area contributed by atoms with E-state index < -0.39 is 0 Å². The van der Waals surface area contributed by atoms with Gasteiger partial charge in [0.05, 0.1) is 0 Å². The van der Waals surface area contributed by atoms with E-state index in [-0.39, 0.29) is 0 Å². The van der Waals surface area contributed by atoms with Crippen molar-refractivity contribution in [1.29, 1.82) is 0 Å². The van der Waals surface area contributed by atoms with E-state index in [1.165, 1.54) is 12.8 Å². The molecule has 1 aliphatic carbocycles. The van der Waals surface area contributed by atoms with Crippen LogP contribution in [-0.2, 0) is 9.53 Å². The Labute approximate surface area is 97.1 Å². The fourth-order valence-electron chi connectivity index (χ4n) is 3.44. The Hall–Kier alpha value is -0.570. The number of piperidine rings is 1. The number of hydrogen-bond donors (Lipinski definition) is 0. The average molecular weight is 223 g/mol. The van der Waals surface area contributed by atoms with Crippen molar-refractivity contribution in [2.75, 3.05) is 13.2 Å². The number of rotatable bonds is 2. The fourth-order valence-corrected chi connectivity index (χ4v) is 3.44. The molecule has 2 saturated heterocycles. The van der Waals surface area contributed by atoms with Crippen LogP contribution >= 0.6 is 0 Å². The number of carbonyl (C=O) groups excluding carboxylic acids is 1. The van der Waals surface area contributed by atoms with Gasteiger partial charge in [-0.2, -0.15) is 0 Å². The molecule has 0 N–H and O–H groups in total. The highest BCUT2D eigenvalue weighted by Crippen LogP contribution is 2.48. The molecule has 0 bridgehead atoms. The Morgan fingerprint density at radius 1 is 1.31 bits per heavy atom. The van der Waals surface area contributed by atoms with Gasteiger partial charge in [0.25, 0.3) is 0 Å². The van der Waals surface area contributed by atoms with E-state index in [2.05, 4.69) is 11.8 Å². The van der Waals surface area contributed by atoms with Gasteiger partial charge in [0.2, 0.25) is 5.91 Å². The van der Waals surface area contributed by atoms with E-state index in [4.69, 9.17) is 4.74 Å². The summed E-state index contributed by atoms with van der Waals surface area (Å²) < 4.78 is 5.33. The first-order valence-corrected chi connectivity index (χ1v) is 6.64. The highest BCUT2D eigenvalue weighted by Gasteiger charge is 2.52. The topological polar surface area (TPSA) is 29.5 Å². The summed E-state index contributed by atoms with van der Waals surface area (Å²) in [6.45, 7) is 3.90. The molecule has 0 radical (unpaired) electrons. The Bertz CT molecular complexity index is 284. The third-order valence-corrected chi connectivity index (χ3v) is 4.45. The van der Waals surface area contributed by atoms with Gasteiger partial charge in [0, 0.05) is 31.7 Å². The monoisotopic (exact) mass is 223 g/mol. The van der Waals surface area contributed by atoms with E-state index in [1.807, 2.05) is 0 Å². The van der Waals surface area contributed by atoms with Crippen molar-refractivity contribution >= 4 is 5.91 Å². The molecule has 3 nitrogen and oxygen atoms in total. The molecule has 0 aromatic rings. The first-order valence-electron chi connectivity index (χ1n) is 6.64. The van der Waals surface area contributed by atoms with Crippen molar-refractivity contribution < 1.29 is 9.53 Å². The zero-order chi connectivity index (χ0) is 11.1.